The van der Waals surface area contributed by atoms with Crippen LogP contribution in [0.1, 0.15) is 46.0 Å². The molecule has 0 radical (unpaired) electrons. The molecule has 2 aliphatic rings. The second kappa shape index (κ2) is 5.36. The molecule has 4 heteroatoms. The molecule has 1 aliphatic carbocycles. The van der Waals surface area contributed by atoms with Crippen molar-refractivity contribution in [3.05, 3.63) is 0 Å². The number of carboxylic acid groups (broad SMARTS) is 1. The Bertz CT molecular complexity index is 279. The van der Waals surface area contributed by atoms with Crippen molar-refractivity contribution >= 4 is 5.97 Å². The molecule has 3 atom stereocenters. The first-order valence-corrected chi connectivity index (χ1v) is 6.86. The molecule has 2 fully saturated rings. The molecule has 0 aromatic rings. The SMILES string of the molecule is CCCC(NC1CC(C)N(C2CC2)C1)C(=O)O. The van der Waals surface area contributed by atoms with Crippen LogP contribution < -0.4 is 5.32 Å². The van der Waals surface area contributed by atoms with E-state index in [1.54, 1.807) is 0 Å². The summed E-state index contributed by atoms with van der Waals surface area (Å²) in [5.74, 6) is -0.704. The summed E-state index contributed by atoms with van der Waals surface area (Å²) in [5, 5.41) is 12.5. The van der Waals surface area contributed by atoms with Gasteiger partial charge in [-0.2, -0.15) is 0 Å². The zero-order valence-electron chi connectivity index (χ0n) is 10.9. The van der Waals surface area contributed by atoms with Gasteiger partial charge >= 0.3 is 5.97 Å². The third kappa shape index (κ3) is 3.19. The summed E-state index contributed by atoms with van der Waals surface area (Å²) in [6.45, 7) is 5.32. The molecule has 0 aromatic carbocycles. The lowest BCUT2D eigenvalue weighted by Crippen LogP contribution is -2.44. The highest BCUT2D eigenvalue weighted by Gasteiger charge is 2.39. The number of nitrogens with one attached hydrogen (secondary N) is 1. The minimum absolute atomic E-state index is 0.359. The number of carboxylic acids is 1. The van der Waals surface area contributed by atoms with Crippen LogP contribution >= 0.6 is 0 Å². The maximum Gasteiger partial charge on any atom is 0.320 e. The second-order valence-corrected chi connectivity index (χ2v) is 5.56. The van der Waals surface area contributed by atoms with Crippen molar-refractivity contribution in [1.29, 1.82) is 0 Å². The van der Waals surface area contributed by atoms with Crippen LogP contribution in [0.15, 0.2) is 0 Å². The molecule has 1 saturated heterocycles. The fraction of sp³-hybridized carbons (Fsp3) is 0.923. The molecule has 0 spiro atoms. The molecule has 2 rings (SSSR count). The van der Waals surface area contributed by atoms with Gasteiger partial charge in [-0.1, -0.05) is 13.3 Å². The maximum absolute atomic E-state index is 11.1. The van der Waals surface area contributed by atoms with Gasteiger partial charge in [0.15, 0.2) is 0 Å². The van der Waals surface area contributed by atoms with Gasteiger partial charge in [-0.3, -0.25) is 9.69 Å². The zero-order chi connectivity index (χ0) is 12.4. The fourth-order valence-electron chi connectivity index (χ4n) is 2.94. The number of carbonyl (C=O) groups is 1. The van der Waals surface area contributed by atoms with Gasteiger partial charge < -0.3 is 10.4 Å². The predicted octanol–water partition coefficient (Wildman–Crippen LogP) is 1.45. The number of hydrogen-bond acceptors (Lipinski definition) is 3. The fourth-order valence-corrected chi connectivity index (χ4v) is 2.94. The summed E-state index contributed by atoms with van der Waals surface area (Å²) >= 11 is 0. The molecule has 0 aromatic heterocycles. The topological polar surface area (TPSA) is 52.6 Å². The van der Waals surface area contributed by atoms with Crippen molar-refractivity contribution in [3.8, 4) is 0 Å². The number of rotatable bonds is 6. The molecular formula is C13H24N2O2. The van der Waals surface area contributed by atoms with Gasteiger partial charge in [0.1, 0.15) is 6.04 Å². The second-order valence-electron chi connectivity index (χ2n) is 5.56. The van der Waals surface area contributed by atoms with Crippen molar-refractivity contribution in [2.45, 2.75) is 70.1 Å². The number of nitrogens with zero attached hydrogens (tertiary/aromatic N) is 1. The van der Waals surface area contributed by atoms with Crippen molar-refractivity contribution in [3.63, 3.8) is 0 Å². The average molecular weight is 240 g/mol. The van der Waals surface area contributed by atoms with E-state index in [9.17, 15) is 4.79 Å². The van der Waals surface area contributed by atoms with E-state index in [2.05, 4.69) is 17.1 Å². The highest BCUT2D eigenvalue weighted by atomic mass is 16.4. The number of aliphatic carboxylic acids is 1. The Labute approximate surface area is 103 Å². The minimum atomic E-state index is -0.704. The summed E-state index contributed by atoms with van der Waals surface area (Å²) in [4.78, 5) is 13.7. The van der Waals surface area contributed by atoms with Crippen LogP contribution in [0.5, 0.6) is 0 Å². The zero-order valence-corrected chi connectivity index (χ0v) is 10.9. The molecule has 2 N–H and O–H groups in total. The van der Waals surface area contributed by atoms with Crippen LogP contribution in [0.4, 0.5) is 0 Å². The van der Waals surface area contributed by atoms with Crippen molar-refractivity contribution in [2.24, 2.45) is 0 Å². The Morgan fingerprint density at radius 2 is 2.24 bits per heavy atom. The molecule has 98 valence electrons. The highest BCUT2D eigenvalue weighted by Crippen LogP contribution is 2.33. The van der Waals surface area contributed by atoms with Crippen LogP contribution in [0.25, 0.3) is 0 Å². The summed E-state index contributed by atoms with van der Waals surface area (Å²) in [7, 11) is 0. The Morgan fingerprint density at radius 3 is 2.76 bits per heavy atom. The number of hydrogen-bond donors (Lipinski definition) is 2. The van der Waals surface area contributed by atoms with Gasteiger partial charge in [-0.25, -0.2) is 0 Å². The first-order valence-electron chi connectivity index (χ1n) is 6.86. The lowest BCUT2D eigenvalue weighted by molar-refractivity contribution is -0.139. The lowest BCUT2D eigenvalue weighted by atomic mass is 10.1. The average Bonchev–Trinajstić information content (AvgIpc) is 3.03. The molecule has 1 aliphatic heterocycles. The Hall–Kier alpha value is -0.610. The van der Waals surface area contributed by atoms with Gasteiger partial charge in [0.2, 0.25) is 0 Å². The third-order valence-corrected chi connectivity index (χ3v) is 3.95. The van der Waals surface area contributed by atoms with Crippen molar-refractivity contribution in [2.75, 3.05) is 6.54 Å². The molecular weight excluding hydrogens is 216 g/mol. The van der Waals surface area contributed by atoms with E-state index in [1.807, 2.05) is 6.92 Å². The van der Waals surface area contributed by atoms with Crippen LogP contribution in [-0.4, -0.2) is 46.7 Å². The molecule has 1 saturated carbocycles. The quantitative estimate of drug-likeness (QED) is 0.738. The van der Waals surface area contributed by atoms with Crippen molar-refractivity contribution < 1.29 is 9.90 Å². The number of likely N-dealkylation sites (tertiary alicyclic amines) is 1. The largest absolute Gasteiger partial charge is 0.480 e. The van der Waals surface area contributed by atoms with Gasteiger partial charge in [0.25, 0.3) is 0 Å². The van der Waals surface area contributed by atoms with Crippen LogP contribution in [0.3, 0.4) is 0 Å². The Kier molecular flexibility index (Phi) is 4.05. The van der Waals surface area contributed by atoms with E-state index in [1.165, 1.54) is 12.8 Å². The van der Waals surface area contributed by atoms with Crippen molar-refractivity contribution in [1.82, 2.24) is 10.2 Å². The van der Waals surface area contributed by atoms with Crippen LogP contribution in [-0.2, 0) is 4.79 Å². The molecule has 0 amide bonds. The normalized spacial score (nSPS) is 31.6. The van der Waals surface area contributed by atoms with E-state index in [4.69, 9.17) is 5.11 Å². The maximum atomic E-state index is 11.1. The Morgan fingerprint density at radius 1 is 1.53 bits per heavy atom. The first kappa shape index (κ1) is 12.8. The smallest absolute Gasteiger partial charge is 0.320 e. The summed E-state index contributed by atoms with van der Waals surface area (Å²) < 4.78 is 0. The van der Waals surface area contributed by atoms with Gasteiger partial charge in [-0.05, 0) is 32.6 Å². The summed E-state index contributed by atoms with van der Waals surface area (Å²) in [6, 6.07) is 1.39. The van der Waals surface area contributed by atoms with E-state index >= 15 is 0 Å². The monoisotopic (exact) mass is 240 g/mol. The van der Waals surface area contributed by atoms with E-state index < -0.39 is 5.97 Å². The van der Waals surface area contributed by atoms with Gasteiger partial charge in [0, 0.05) is 24.7 Å². The molecule has 1 heterocycles. The van der Waals surface area contributed by atoms with E-state index in [0.717, 1.165) is 31.8 Å². The molecule has 3 unspecified atom stereocenters. The first-order chi connectivity index (χ1) is 8.11. The third-order valence-electron chi connectivity index (χ3n) is 3.95. The predicted molar refractivity (Wildman–Crippen MR) is 67.1 cm³/mol. The van der Waals surface area contributed by atoms with Crippen LogP contribution in [0, 0.1) is 0 Å². The summed E-state index contributed by atoms with van der Waals surface area (Å²) in [5.41, 5.74) is 0. The van der Waals surface area contributed by atoms with E-state index in [0.29, 0.717) is 12.1 Å². The van der Waals surface area contributed by atoms with Gasteiger partial charge in [-0.15, -0.1) is 0 Å². The van der Waals surface area contributed by atoms with E-state index in [-0.39, 0.29) is 6.04 Å². The van der Waals surface area contributed by atoms with Crippen LogP contribution in [0.2, 0.25) is 0 Å². The van der Waals surface area contributed by atoms with Gasteiger partial charge in [0.05, 0.1) is 0 Å². The molecule has 17 heavy (non-hydrogen) atoms. The lowest BCUT2D eigenvalue weighted by Gasteiger charge is -2.21. The Balaban J connectivity index is 1.84. The molecule has 0 bridgehead atoms. The summed E-state index contributed by atoms with van der Waals surface area (Å²) in [6.07, 6.45) is 5.38. The minimum Gasteiger partial charge on any atom is -0.480 e. The highest BCUT2D eigenvalue weighted by molar-refractivity contribution is 5.73. The standard InChI is InChI=1S/C13H24N2O2/c1-3-4-12(13(16)17)14-10-7-9(2)15(8-10)11-5-6-11/h9-12,14H,3-8H2,1-2H3,(H,16,17). The molecule has 4 nitrogen and oxygen atoms in total.